The maximum atomic E-state index is 12.8. The van der Waals surface area contributed by atoms with E-state index in [9.17, 15) is 9.59 Å². The number of hydrogen-bond donors (Lipinski definition) is 2. The van der Waals surface area contributed by atoms with Gasteiger partial charge in [0.05, 0.1) is 24.9 Å². The quantitative estimate of drug-likeness (QED) is 0.525. The number of carbonyl (C=O) groups excluding carboxylic acids is 2. The Labute approximate surface area is 180 Å². The zero-order chi connectivity index (χ0) is 21.2. The van der Waals surface area contributed by atoms with Crippen LogP contribution in [0.2, 0.25) is 0 Å². The van der Waals surface area contributed by atoms with Crippen molar-refractivity contribution in [3.8, 4) is 5.75 Å². The molecule has 0 aliphatic rings. The predicted octanol–water partition coefficient (Wildman–Crippen LogP) is 3.13. The van der Waals surface area contributed by atoms with Crippen molar-refractivity contribution in [3.05, 3.63) is 82.3 Å². The molecule has 1 heterocycles. The van der Waals surface area contributed by atoms with Gasteiger partial charge < -0.3 is 15.4 Å². The summed E-state index contributed by atoms with van der Waals surface area (Å²) in [5.74, 6) is 0.406. The Hall–Kier alpha value is -3.19. The van der Waals surface area contributed by atoms with Crippen molar-refractivity contribution in [3.63, 3.8) is 0 Å². The van der Waals surface area contributed by atoms with E-state index in [1.807, 2.05) is 60.0 Å². The third-order valence-electron chi connectivity index (χ3n) is 4.66. The highest BCUT2D eigenvalue weighted by Gasteiger charge is 2.21. The highest BCUT2D eigenvalue weighted by atomic mass is 32.1. The van der Waals surface area contributed by atoms with E-state index < -0.39 is 6.04 Å². The standard InChI is InChI=1S/C23H25N3O3S/c1-29-20-10-7-17(8-11-20)9-12-22(27)26-21(13-18-5-3-2-4-6-18)23(28)24-14-19-15-30-16-25-19/h2-8,10-11,15-16,21H,9,12-14H2,1H3,(H,24,28)(H,26,27)/t21-/m1/s1. The lowest BCUT2D eigenvalue weighted by molar-refractivity contribution is -0.129. The van der Waals surface area contributed by atoms with Crippen molar-refractivity contribution in [1.29, 1.82) is 0 Å². The molecule has 2 amide bonds. The molecule has 0 aliphatic heterocycles. The van der Waals surface area contributed by atoms with Gasteiger partial charge in [0.2, 0.25) is 11.8 Å². The number of hydrogen-bond acceptors (Lipinski definition) is 5. The molecule has 0 aliphatic carbocycles. The average molecular weight is 424 g/mol. The van der Waals surface area contributed by atoms with E-state index in [-0.39, 0.29) is 11.8 Å². The molecular weight excluding hydrogens is 398 g/mol. The number of methoxy groups -OCH3 is 1. The molecule has 7 heteroatoms. The van der Waals surface area contributed by atoms with Gasteiger partial charge in [0, 0.05) is 18.2 Å². The van der Waals surface area contributed by atoms with Crippen molar-refractivity contribution in [1.82, 2.24) is 15.6 Å². The van der Waals surface area contributed by atoms with Crippen LogP contribution in [0.4, 0.5) is 0 Å². The second-order valence-corrected chi connectivity index (χ2v) is 7.57. The summed E-state index contributed by atoms with van der Waals surface area (Å²) in [5.41, 5.74) is 4.56. The summed E-state index contributed by atoms with van der Waals surface area (Å²) in [6.07, 6.45) is 1.32. The molecule has 30 heavy (non-hydrogen) atoms. The molecule has 0 unspecified atom stereocenters. The number of aromatic nitrogens is 1. The van der Waals surface area contributed by atoms with Crippen molar-refractivity contribution in [2.75, 3.05) is 7.11 Å². The fraction of sp³-hybridized carbons (Fsp3) is 0.261. The Morgan fingerprint density at radius 2 is 1.83 bits per heavy atom. The fourth-order valence-corrected chi connectivity index (χ4v) is 3.56. The van der Waals surface area contributed by atoms with Gasteiger partial charge in [0.25, 0.3) is 0 Å². The van der Waals surface area contributed by atoms with Gasteiger partial charge in [0.15, 0.2) is 0 Å². The van der Waals surface area contributed by atoms with E-state index in [0.29, 0.717) is 25.8 Å². The SMILES string of the molecule is COc1ccc(CCC(=O)N[C@H](Cc2ccccc2)C(=O)NCc2cscn2)cc1. The van der Waals surface area contributed by atoms with E-state index in [0.717, 1.165) is 22.6 Å². The molecular formula is C23H25N3O3S. The van der Waals surface area contributed by atoms with E-state index in [1.165, 1.54) is 11.3 Å². The van der Waals surface area contributed by atoms with Crippen LogP contribution in [0.15, 0.2) is 65.5 Å². The van der Waals surface area contributed by atoms with Gasteiger partial charge in [-0.3, -0.25) is 9.59 Å². The minimum absolute atomic E-state index is 0.157. The van der Waals surface area contributed by atoms with Crippen LogP contribution < -0.4 is 15.4 Å². The van der Waals surface area contributed by atoms with Crippen LogP contribution >= 0.6 is 11.3 Å². The first-order valence-electron chi connectivity index (χ1n) is 9.75. The Morgan fingerprint density at radius 1 is 1.07 bits per heavy atom. The van der Waals surface area contributed by atoms with Gasteiger partial charge in [-0.2, -0.15) is 0 Å². The molecule has 0 radical (unpaired) electrons. The Kier molecular flexibility index (Phi) is 7.97. The van der Waals surface area contributed by atoms with Crippen LogP contribution in [0, 0.1) is 0 Å². The monoisotopic (exact) mass is 423 g/mol. The Balaban J connectivity index is 1.58. The van der Waals surface area contributed by atoms with Crippen molar-refractivity contribution in [2.24, 2.45) is 0 Å². The summed E-state index contributed by atoms with van der Waals surface area (Å²) in [5, 5.41) is 7.66. The zero-order valence-electron chi connectivity index (χ0n) is 16.8. The van der Waals surface area contributed by atoms with E-state index in [1.54, 1.807) is 12.6 Å². The summed E-state index contributed by atoms with van der Waals surface area (Å²) < 4.78 is 5.15. The molecule has 1 atom stereocenters. The van der Waals surface area contributed by atoms with Gasteiger partial charge in [0.1, 0.15) is 11.8 Å². The van der Waals surface area contributed by atoms with Crippen molar-refractivity contribution >= 4 is 23.2 Å². The first-order chi connectivity index (χ1) is 14.6. The van der Waals surface area contributed by atoms with Gasteiger partial charge in [-0.05, 0) is 29.7 Å². The first kappa shape index (κ1) is 21.5. The van der Waals surface area contributed by atoms with E-state index in [2.05, 4.69) is 15.6 Å². The molecule has 0 saturated heterocycles. The predicted molar refractivity (Wildman–Crippen MR) is 117 cm³/mol. The smallest absolute Gasteiger partial charge is 0.243 e. The van der Waals surface area contributed by atoms with Crippen molar-refractivity contribution < 1.29 is 14.3 Å². The topological polar surface area (TPSA) is 80.3 Å². The fourth-order valence-electron chi connectivity index (χ4n) is 3.00. The highest BCUT2D eigenvalue weighted by molar-refractivity contribution is 7.07. The summed E-state index contributed by atoms with van der Waals surface area (Å²) in [7, 11) is 1.62. The number of aryl methyl sites for hydroxylation is 1. The molecule has 0 bridgehead atoms. The molecule has 2 aromatic carbocycles. The number of amides is 2. The molecule has 0 saturated carbocycles. The number of carbonyl (C=O) groups is 2. The summed E-state index contributed by atoms with van der Waals surface area (Å²) in [4.78, 5) is 29.5. The number of benzene rings is 2. The number of nitrogens with zero attached hydrogens (tertiary/aromatic N) is 1. The molecule has 0 spiro atoms. The van der Waals surface area contributed by atoms with Crippen molar-refractivity contribution in [2.45, 2.75) is 31.8 Å². The highest BCUT2D eigenvalue weighted by Crippen LogP contribution is 2.13. The molecule has 3 rings (SSSR count). The molecule has 156 valence electrons. The first-order valence-corrected chi connectivity index (χ1v) is 10.7. The van der Waals surface area contributed by atoms with E-state index >= 15 is 0 Å². The molecule has 0 fully saturated rings. The maximum Gasteiger partial charge on any atom is 0.243 e. The van der Waals surface area contributed by atoms with Gasteiger partial charge in [-0.25, -0.2) is 4.98 Å². The molecule has 2 N–H and O–H groups in total. The van der Waals surface area contributed by atoms with Crippen LogP contribution in [0.5, 0.6) is 5.75 Å². The van der Waals surface area contributed by atoms with Crippen LogP contribution in [0.1, 0.15) is 23.2 Å². The van der Waals surface area contributed by atoms with Crippen LogP contribution in [0.25, 0.3) is 0 Å². The van der Waals surface area contributed by atoms with Crippen LogP contribution in [0.3, 0.4) is 0 Å². The number of thiazole rings is 1. The summed E-state index contributed by atoms with van der Waals surface area (Å²) >= 11 is 1.48. The second kappa shape index (κ2) is 11.1. The number of rotatable bonds is 10. The maximum absolute atomic E-state index is 12.8. The van der Waals surface area contributed by atoms with Gasteiger partial charge >= 0.3 is 0 Å². The van der Waals surface area contributed by atoms with Gasteiger partial charge in [-0.1, -0.05) is 42.5 Å². The molecule has 6 nitrogen and oxygen atoms in total. The average Bonchev–Trinajstić information content (AvgIpc) is 3.30. The minimum atomic E-state index is -0.644. The van der Waals surface area contributed by atoms with E-state index in [4.69, 9.17) is 4.74 Å². The lowest BCUT2D eigenvalue weighted by atomic mass is 10.0. The third kappa shape index (κ3) is 6.70. The third-order valence-corrected chi connectivity index (χ3v) is 5.30. The molecule has 1 aromatic heterocycles. The largest absolute Gasteiger partial charge is 0.497 e. The lowest BCUT2D eigenvalue weighted by Crippen LogP contribution is -2.47. The molecule has 3 aromatic rings. The Bertz CT molecular complexity index is 928. The van der Waals surface area contributed by atoms with Gasteiger partial charge in [-0.15, -0.1) is 11.3 Å². The van der Waals surface area contributed by atoms with Crippen LogP contribution in [-0.4, -0.2) is 29.9 Å². The number of nitrogens with one attached hydrogen (secondary N) is 2. The minimum Gasteiger partial charge on any atom is -0.497 e. The Morgan fingerprint density at radius 3 is 2.50 bits per heavy atom. The van der Waals surface area contributed by atoms with Crippen LogP contribution in [-0.2, 0) is 29.0 Å². The zero-order valence-corrected chi connectivity index (χ0v) is 17.7. The number of ether oxygens (including phenoxy) is 1. The normalized spacial score (nSPS) is 11.5. The lowest BCUT2D eigenvalue weighted by Gasteiger charge is -2.18. The summed E-state index contributed by atoms with van der Waals surface area (Å²) in [6, 6.07) is 16.6. The second-order valence-electron chi connectivity index (χ2n) is 6.86. The summed E-state index contributed by atoms with van der Waals surface area (Å²) in [6.45, 7) is 0.343.